The van der Waals surface area contributed by atoms with Crippen LogP contribution in [0.15, 0.2) is 63.3 Å². The molecule has 0 aliphatic heterocycles. The summed E-state index contributed by atoms with van der Waals surface area (Å²) in [6.07, 6.45) is 1.47. The lowest BCUT2D eigenvalue weighted by Gasteiger charge is -2.14. The predicted octanol–water partition coefficient (Wildman–Crippen LogP) is 2.20. The number of benzene rings is 1. The maximum absolute atomic E-state index is 12.7. The molecule has 0 aliphatic rings. The molecule has 3 aromatic rings. The average molecular weight is 417 g/mol. The summed E-state index contributed by atoms with van der Waals surface area (Å²) in [5.41, 5.74) is 5.43. The second kappa shape index (κ2) is 8.45. The zero-order valence-corrected chi connectivity index (χ0v) is 16.5. The van der Waals surface area contributed by atoms with Crippen LogP contribution in [-0.4, -0.2) is 25.7 Å². The van der Waals surface area contributed by atoms with Gasteiger partial charge >= 0.3 is 5.69 Å². The van der Waals surface area contributed by atoms with Gasteiger partial charge in [-0.1, -0.05) is 53.7 Å². The van der Waals surface area contributed by atoms with Crippen molar-refractivity contribution < 1.29 is 4.79 Å². The summed E-state index contributed by atoms with van der Waals surface area (Å²) in [5.74, 6) is -0.647. The molecule has 2 heterocycles. The first kappa shape index (κ1) is 19.9. The predicted molar refractivity (Wildman–Crippen MR) is 110 cm³/mol. The molecule has 0 saturated heterocycles. The van der Waals surface area contributed by atoms with E-state index < -0.39 is 17.0 Å². The highest BCUT2D eigenvalue weighted by atomic mass is 35.5. The second-order valence-corrected chi connectivity index (χ2v) is 7.44. The number of carbonyl (C=O) groups is 1. The van der Waals surface area contributed by atoms with Crippen LogP contribution in [0.25, 0.3) is 0 Å². The normalized spacial score (nSPS) is 10.8. The number of halogens is 1. The molecule has 7 nitrogen and oxygen atoms in total. The fraction of sp³-hybridized carbons (Fsp3) is 0.158. The van der Waals surface area contributed by atoms with E-state index in [9.17, 15) is 14.4 Å². The third-order valence-corrected chi connectivity index (χ3v) is 5.26. The van der Waals surface area contributed by atoms with Gasteiger partial charge in [0.05, 0.1) is 22.3 Å². The molecule has 0 fully saturated rings. The molecule has 0 unspecified atom stereocenters. The number of nitrogens with zero attached hydrogens (tertiary/aromatic N) is 3. The van der Waals surface area contributed by atoms with Crippen molar-refractivity contribution in [1.29, 1.82) is 0 Å². The van der Waals surface area contributed by atoms with Gasteiger partial charge < -0.3 is 5.73 Å². The molecule has 2 N–H and O–H groups in total. The van der Waals surface area contributed by atoms with Gasteiger partial charge in [-0.25, -0.2) is 9.78 Å². The lowest BCUT2D eigenvalue weighted by molar-refractivity contribution is 0.102. The number of Topliss-reactive ketones (excluding diaryl/α,β-unsaturated/α-hetero) is 1. The Hall–Kier alpha value is -2.84. The van der Waals surface area contributed by atoms with Gasteiger partial charge in [0.25, 0.3) is 5.56 Å². The van der Waals surface area contributed by atoms with Gasteiger partial charge in [0.1, 0.15) is 11.4 Å². The molecule has 0 bridgehead atoms. The number of ketones is 1. The molecule has 1 aromatic carbocycles. The maximum atomic E-state index is 12.7. The van der Waals surface area contributed by atoms with Crippen LogP contribution in [0.5, 0.6) is 0 Å². The number of nitrogens with two attached hydrogens (primary N) is 1. The molecule has 0 radical (unpaired) electrons. The van der Waals surface area contributed by atoms with Crippen molar-refractivity contribution in [2.45, 2.75) is 11.6 Å². The first-order chi connectivity index (χ1) is 13.4. The maximum Gasteiger partial charge on any atom is 0.332 e. The monoisotopic (exact) mass is 416 g/mol. The minimum Gasteiger partial charge on any atom is -0.384 e. The minimum atomic E-state index is -0.707. The molecule has 2 aromatic heterocycles. The van der Waals surface area contributed by atoms with Crippen molar-refractivity contribution >= 4 is 35.0 Å². The van der Waals surface area contributed by atoms with Crippen LogP contribution < -0.4 is 17.0 Å². The zero-order valence-electron chi connectivity index (χ0n) is 15.0. The summed E-state index contributed by atoms with van der Waals surface area (Å²) in [4.78, 5) is 41.8. The molecule has 0 atom stereocenters. The number of aromatic nitrogens is 3. The first-order valence-corrected chi connectivity index (χ1v) is 9.65. The van der Waals surface area contributed by atoms with Crippen LogP contribution in [0.1, 0.15) is 15.9 Å². The largest absolute Gasteiger partial charge is 0.384 e. The molecule has 144 valence electrons. The van der Waals surface area contributed by atoms with Crippen LogP contribution in [0.3, 0.4) is 0 Å². The third-order valence-electron chi connectivity index (χ3n) is 4.10. The van der Waals surface area contributed by atoms with Crippen molar-refractivity contribution in [2.75, 3.05) is 11.5 Å². The number of carbonyl (C=O) groups excluding carboxylic acids is 1. The number of hydrogen-bond donors (Lipinski definition) is 1. The number of pyridine rings is 1. The molecular formula is C19H17ClN4O3S. The zero-order chi connectivity index (χ0) is 20.3. The van der Waals surface area contributed by atoms with E-state index in [1.165, 1.54) is 17.8 Å². The summed E-state index contributed by atoms with van der Waals surface area (Å²) < 4.78 is 2.13. The number of nitrogen functional groups attached to an aromatic ring is 1. The van der Waals surface area contributed by atoms with Crippen molar-refractivity contribution in [1.82, 2.24) is 14.1 Å². The summed E-state index contributed by atoms with van der Waals surface area (Å²) in [6, 6.07) is 12.5. The van der Waals surface area contributed by atoms with E-state index in [0.29, 0.717) is 10.0 Å². The summed E-state index contributed by atoms with van der Waals surface area (Å²) in [5, 5.41) is 1.08. The van der Waals surface area contributed by atoms with Crippen LogP contribution >= 0.6 is 23.4 Å². The Morgan fingerprint density at radius 2 is 1.89 bits per heavy atom. The highest BCUT2D eigenvalue weighted by Gasteiger charge is 2.21. The summed E-state index contributed by atoms with van der Waals surface area (Å²) in [6.45, 7) is 0.159. The van der Waals surface area contributed by atoms with Crippen LogP contribution in [0, 0.1) is 0 Å². The highest BCUT2D eigenvalue weighted by Crippen LogP contribution is 2.19. The van der Waals surface area contributed by atoms with Crippen molar-refractivity contribution in [3.63, 3.8) is 0 Å². The first-order valence-electron chi connectivity index (χ1n) is 8.29. The standard InChI is InChI=1S/C19H17ClN4O3S/c1-23-18(26)16(14(25)11-28-15-8-7-13(20)9-22-15)17(21)24(19(23)27)10-12-5-3-2-4-6-12/h2-9H,10-11,21H2,1H3. The van der Waals surface area contributed by atoms with Gasteiger partial charge in [0, 0.05) is 13.2 Å². The minimum absolute atomic E-state index is 0.0440. The Bertz CT molecular complexity index is 1120. The van der Waals surface area contributed by atoms with Gasteiger partial charge in [0.15, 0.2) is 5.78 Å². The Balaban J connectivity index is 1.93. The van der Waals surface area contributed by atoms with Gasteiger partial charge in [0.2, 0.25) is 0 Å². The van der Waals surface area contributed by atoms with E-state index in [-0.39, 0.29) is 23.7 Å². The van der Waals surface area contributed by atoms with E-state index in [0.717, 1.165) is 21.9 Å². The third kappa shape index (κ3) is 4.18. The van der Waals surface area contributed by atoms with Gasteiger partial charge in [-0.05, 0) is 17.7 Å². The van der Waals surface area contributed by atoms with Crippen molar-refractivity contribution in [3.8, 4) is 0 Å². The van der Waals surface area contributed by atoms with Crippen molar-refractivity contribution in [2.24, 2.45) is 7.05 Å². The Morgan fingerprint density at radius 1 is 1.18 bits per heavy atom. The van der Waals surface area contributed by atoms with E-state index in [2.05, 4.69) is 4.98 Å². The highest BCUT2D eigenvalue weighted by molar-refractivity contribution is 7.99. The Morgan fingerprint density at radius 3 is 2.54 bits per heavy atom. The molecule has 0 amide bonds. The molecule has 0 saturated carbocycles. The quantitative estimate of drug-likeness (QED) is 0.488. The smallest absolute Gasteiger partial charge is 0.332 e. The van der Waals surface area contributed by atoms with E-state index in [4.69, 9.17) is 17.3 Å². The topological polar surface area (TPSA) is 100.0 Å². The summed E-state index contributed by atoms with van der Waals surface area (Å²) >= 11 is 6.96. The number of anilines is 1. The molecular weight excluding hydrogens is 400 g/mol. The van der Waals surface area contributed by atoms with Gasteiger partial charge in [-0.2, -0.15) is 0 Å². The lowest BCUT2D eigenvalue weighted by atomic mass is 10.2. The number of hydrogen-bond acceptors (Lipinski definition) is 6. The Kier molecular flexibility index (Phi) is 6.01. The van der Waals surface area contributed by atoms with Crippen molar-refractivity contribution in [3.05, 3.63) is 85.6 Å². The number of thioether (sulfide) groups is 1. The SMILES string of the molecule is Cn1c(=O)c(C(=O)CSc2ccc(Cl)cn2)c(N)n(Cc2ccccc2)c1=O. The lowest BCUT2D eigenvalue weighted by Crippen LogP contribution is -2.43. The van der Waals surface area contributed by atoms with E-state index in [1.54, 1.807) is 12.1 Å². The average Bonchev–Trinajstić information content (AvgIpc) is 2.70. The molecule has 28 heavy (non-hydrogen) atoms. The van der Waals surface area contributed by atoms with Crippen LogP contribution in [0.4, 0.5) is 5.82 Å². The molecule has 0 aliphatic carbocycles. The van der Waals surface area contributed by atoms with Crippen LogP contribution in [-0.2, 0) is 13.6 Å². The number of rotatable bonds is 6. The van der Waals surface area contributed by atoms with E-state index >= 15 is 0 Å². The van der Waals surface area contributed by atoms with Crippen LogP contribution in [0.2, 0.25) is 5.02 Å². The second-order valence-electron chi connectivity index (χ2n) is 6.01. The molecule has 0 spiro atoms. The van der Waals surface area contributed by atoms with Gasteiger partial charge in [-0.15, -0.1) is 0 Å². The van der Waals surface area contributed by atoms with E-state index in [1.807, 2.05) is 30.3 Å². The summed E-state index contributed by atoms with van der Waals surface area (Å²) in [7, 11) is 1.33. The fourth-order valence-electron chi connectivity index (χ4n) is 2.62. The fourth-order valence-corrected chi connectivity index (χ4v) is 3.45. The van der Waals surface area contributed by atoms with Gasteiger partial charge in [-0.3, -0.25) is 18.7 Å². The molecule has 3 rings (SSSR count). The molecule has 9 heteroatoms. The Labute approximate surface area is 169 Å².